The van der Waals surface area contributed by atoms with E-state index in [1.165, 1.54) is 13.8 Å². The molecule has 0 bridgehead atoms. The molecule has 0 amide bonds. The second-order valence-corrected chi connectivity index (χ2v) is 6.40. The molecule has 0 radical (unpaired) electrons. The highest BCUT2D eigenvalue weighted by Gasteiger charge is 2.42. The minimum Gasteiger partial charge on any atom is -0.512 e. The van der Waals surface area contributed by atoms with Gasteiger partial charge in [-0.05, 0) is 33.3 Å². The molecule has 0 spiro atoms. The molecule has 0 heterocycles. The Morgan fingerprint density at radius 3 is 2.03 bits per heavy atom. The van der Waals surface area contributed by atoms with Crippen molar-refractivity contribution in [3.8, 4) is 0 Å². The molecule has 0 aliphatic heterocycles. The van der Waals surface area contributed by atoms with Crippen molar-refractivity contribution in [1.29, 1.82) is 0 Å². The number of ether oxygens (including phenoxy) is 2. The van der Waals surface area contributed by atoms with Crippen LogP contribution in [0.3, 0.4) is 0 Å². The molecule has 0 saturated heterocycles. The Morgan fingerprint density at radius 2 is 1.55 bits per heavy atom. The molecule has 158 valence electrons. The van der Waals surface area contributed by atoms with E-state index in [9.17, 15) is 24.3 Å². The number of rotatable bonds is 10. The summed E-state index contributed by atoms with van der Waals surface area (Å²) < 4.78 is 10.1. The van der Waals surface area contributed by atoms with Crippen LogP contribution in [0.15, 0.2) is 35.6 Å². The zero-order chi connectivity index (χ0) is 22.1. The summed E-state index contributed by atoms with van der Waals surface area (Å²) in [6.45, 7) is 7.41. The van der Waals surface area contributed by atoms with Crippen molar-refractivity contribution in [2.75, 3.05) is 13.2 Å². The van der Waals surface area contributed by atoms with Crippen LogP contribution in [0.5, 0.6) is 0 Å². The Hall–Kier alpha value is -2.96. The highest BCUT2D eigenvalue weighted by Crippen LogP contribution is 2.38. The van der Waals surface area contributed by atoms with Crippen molar-refractivity contribution < 1.29 is 33.8 Å². The van der Waals surface area contributed by atoms with E-state index in [2.05, 4.69) is 0 Å². The van der Waals surface area contributed by atoms with Gasteiger partial charge in [0.1, 0.15) is 17.5 Å². The number of benzene rings is 1. The highest BCUT2D eigenvalue weighted by atomic mass is 16.5. The van der Waals surface area contributed by atoms with Crippen LogP contribution in [0.4, 0.5) is 0 Å². The van der Waals surface area contributed by atoms with E-state index in [1.807, 2.05) is 0 Å². The summed E-state index contributed by atoms with van der Waals surface area (Å²) in [6, 6.07) is 6.40. The number of carbonyl (C=O) groups excluding carboxylic acids is 4. The summed E-state index contributed by atoms with van der Waals surface area (Å²) in [5.41, 5.74) is 0.291. The molecule has 1 aromatic rings. The molecule has 1 aromatic carbocycles. The fraction of sp³-hybridized carbons (Fsp3) is 0.455. The first-order valence-electron chi connectivity index (χ1n) is 9.57. The van der Waals surface area contributed by atoms with Crippen molar-refractivity contribution in [3.63, 3.8) is 0 Å². The average Bonchev–Trinajstić information content (AvgIpc) is 2.66. The van der Waals surface area contributed by atoms with Gasteiger partial charge in [0.15, 0.2) is 5.78 Å². The topological polar surface area (TPSA) is 107 Å². The van der Waals surface area contributed by atoms with Crippen molar-refractivity contribution in [3.05, 3.63) is 46.7 Å². The highest BCUT2D eigenvalue weighted by molar-refractivity contribution is 6.04. The molecule has 0 fully saturated rings. The lowest BCUT2D eigenvalue weighted by Gasteiger charge is -2.27. The van der Waals surface area contributed by atoms with Crippen LogP contribution in [-0.2, 0) is 23.9 Å². The molecule has 7 heteroatoms. The number of allylic oxidation sites excluding steroid dienone is 1. The molecule has 0 aliphatic carbocycles. The summed E-state index contributed by atoms with van der Waals surface area (Å²) in [6.07, 6.45) is 0.185. The van der Waals surface area contributed by atoms with Crippen molar-refractivity contribution in [1.82, 2.24) is 0 Å². The van der Waals surface area contributed by atoms with Crippen LogP contribution >= 0.6 is 0 Å². The predicted octanol–water partition coefficient (Wildman–Crippen LogP) is 3.53. The van der Waals surface area contributed by atoms with Gasteiger partial charge in [-0.3, -0.25) is 14.4 Å². The van der Waals surface area contributed by atoms with E-state index in [4.69, 9.17) is 9.47 Å². The number of ketones is 2. The number of carbonyl (C=O) groups is 4. The summed E-state index contributed by atoms with van der Waals surface area (Å²) >= 11 is 0. The largest absolute Gasteiger partial charge is 0.512 e. The van der Waals surface area contributed by atoms with E-state index in [1.54, 1.807) is 45.0 Å². The lowest BCUT2D eigenvalue weighted by Crippen LogP contribution is -2.35. The second-order valence-electron chi connectivity index (χ2n) is 6.40. The average molecular weight is 404 g/mol. The fourth-order valence-electron chi connectivity index (χ4n) is 3.19. The van der Waals surface area contributed by atoms with E-state index in [-0.39, 0.29) is 42.1 Å². The van der Waals surface area contributed by atoms with Crippen LogP contribution in [0, 0.1) is 5.92 Å². The first-order valence-corrected chi connectivity index (χ1v) is 9.57. The number of hydrogen-bond acceptors (Lipinski definition) is 7. The molecule has 1 N–H and O–H groups in total. The third-order valence-electron chi connectivity index (χ3n) is 4.43. The minimum atomic E-state index is -1.43. The molecule has 2 unspecified atom stereocenters. The normalized spacial score (nSPS) is 13.7. The molecular weight excluding hydrogens is 376 g/mol. The van der Waals surface area contributed by atoms with Crippen molar-refractivity contribution in [2.24, 2.45) is 5.92 Å². The molecule has 0 aliphatic rings. The maximum absolute atomic E-state index is 12.7. The number of aliphatic hydroxyl groups excluding tert-OH is 1. The third kappa shape index (κ3) is 5.76. The Kier molecular flexibility index (Phi) is 9.25. The quantitative estimate of drug-likeness (QED) is 0.209. The molecule has 7 nitrogen and oxygen atoms in total. The maximum Gasteiger partial charge on any atom is 0.338 e. The standard InChI is InChI=1S/C22H28O7/c1-6-17(25)15-11-9-10-12-16(15)20(18(13(4)23)21(26)28-7-2)19(14(5)24)22(27)29-8-3/h9-12,18,20,24H,6-8H2,1-5H3. The lowest BCUT2D eigenvalue weighted by atomic mass is 9.75. The molecule has 0 aromatic heterocycles. The number of Topliss-reactive ketones (excluding diaryl/α,β-unsaturated/α-hetero) is 2. The van der Waals surface area contributed by atoms with Crippen LogP contribution in [0.25, 0.3) is 0 Å². The van der Waals surface area contributed by atoms with Crippen molar-refractivity contribution in [2.45, 2.75) is 47.0 Å². The van der Waals surface area contributed by atoms with Gasteiger partial charge in [-0.1, -0.05) is 31.2 Å². The minimum absolute atomic E-state index is 0.0292. The first-order chi connectivity index (χ1) is 13.7. The lowest BCUT2D eigenvalue weighted by molar-refractivity contribution is -0.152. The van der Waals surface area contributed by atoms with Gasteiger partial charge in [0.25, 0.3) is 0 Å². The zero-order valence-electron chi connectivity index (χ0n) is 17.5. The summed E-state index contributed by atoms with van der Waals surface area (Å²) in [5.74, 6) is -5.56. The van der Waals surface area contributed by atoms with Gasteiger partial charge < -0.3 is 14.6 Å². The van der Waals surface area contributed by atoms with Gasteiger partial charge >= 0.3 is 11.9 Å². The predicted molar refractivity (Wildman–Crippen MR) is 107 cm³/mol. The van der Waals surface area contributed by atoms with Crippen LogP contribution < -0.4 is 0 Å². The molecule has 0 saturated carbocycles. The van der Waals surface area contributed by atoms with Gasteiger partial charge in [-0.2, -0.15) is 0 Å². The van der Waals surface area contributed by atoms with Gasteiger partial charge in [0.2, 0.25) is 0 Å². The number of hydrogen-bond donors (Lipinski definition) is 1. The fourth-order valence-corrected chi connectivity index (χ4v) is 3.19. The maximum atomic E-state index is 12.7. The monoisotopic (exact) mass is 404 g/mol. The van der Waals surface area contributed by atoms with Crippen LogP contribution in [0.1, 0.15) is 62.9 Å². The molecule has 1 rings (SSSR count). The van der Waals surface area contributed by atoms with Gasteiger partial charge in [0.05, 0.1) is 18.8 Å². The summed E-state index contributed by atoms with van der Waals surface area (Å²) in [4.78, 5) is 50.4. The van der Waals surface area contributed by atoms with E-state index in [0.717, 1.165) is 0 Å². The molecular formula is C22H28O7. The van der Waals surface area contributed by atoms with E-state index >= 15 is 0 Å². The Labute approximate surface area is 170 Å². The van der Waals surface area contributed by atoms with Crippen LogP contribution in [0.2, 0.25) is 0 Å². The molecule has 2 atom stereocenters. The van der Waals surface area contributed by atoms with Crippen molar-refractivity contribution >= 4 is 23.5 Å². The Bertz CT molecular complexity index is 803. The van der Waals surface area contributed by atoms with E-state index in [0.29, 0.717) is 0 Å². The van der Waals surface area contributed by atoms with Gasteiger partial charge in [-0.15, -0.1) is 0 Å². The molecule has 29 heavy (non-hydrogen) atoms. The number of aliphatic hydroxyl groups is 1. The Balaban J connectivity index is 3.86. The SMILES string of the molecule is CCOC(=O)C(=C(C)O)C(c1ccccc1C(=O)CC)C(C(C)=O)C(=O)OCC. The number of esters is 2. The van der Waals surface area contributed by atoms with E-state index < -0.39 is 35.3 Å². The smallest absolute Gasteiger partial charge is 0.338 e. The first kappa shape index (κ1) is 24.1. The Morgan fingerprint density at radius 1 is 0.966 bits per heavy atom. The van der Waals surface area contributed by atoms with Gasteiger partial charge in [0, 0.05) is 17.9 Å². The summed E-state index contributed by atoms with van der Waals surface area (Å²) in [5, 5.41) is 10.3. The van der Waals surface area contributed by atoms with Crippen LogP contribution in [-0.4, -0.2) is 41.8 Å². The third-order valence-corrected chi connectivity index (χ3v) is 4.43. The zero-order valence-corrected chi connectivity index (χ0v) is 17.5. The van der Waals surface area contributed by atoms with Gasteiger partial charge in [-0.25, -0.2) is 4.79 Å². The second kappa shape index (κ2) is 11.1. The summed E-state index contributed by atoms with van der Waals surface area (Å²) in [7, 11) is 0.